The predicted octanol–water partition coefficient (Wildman–Crippen LogP) is 3.26. The highest BCUT2D eigenvalue weighted by atomic mass is 35.5. The summed E-state index contributed by atoms with van der Waals surface area (Å²) in [5.41, 5.74) is 1.22. The summed E-state index contributed by atoms with van der Waals surface area (Å²) < 4.78 is 7.10. The zero-order chi connectivity index (χ0) is 13.5. The highest BCUT2D eigenvalue weighted by Crippen LogP contribution is 2.21. The SMILES string of the molecule is COCCCn1cnnc1SCc1ccc(Cl)cc1. The molecule has 0 bridgehead atoms. The highest BCUT2D eigenvalue weighted by molar-refractivity contribution is 7.98. The van der Waals surface area contributed by atoms with Gasteiger partial charge in [-0.1, -0.05) is 35.5 Å². The van der Waals surface area contributed by atoms with Crippen molar-refractivity contribution in [3.63, 3.8) is 0 Å². The summed E-state index contributed by atoms with van der Waals surface area (Å²) >= 11 is 7.54. The van der Waals surface area contributed by atoms with E-state index in [-0.39, 0.29) is 0 Å². The minimum Gasteiger partial charge on any atom is -0.385 e. The lowest BCUT2D eigenvalue weighted by Gasteiger charge is -2.05. The van der Waals surface area contributed by atoms with Gasteiger partial charge in [-0.15, -0.1) is 10.2 Å². The number of rotatable bonds is 7. The largest absolute Gasteiger partial charge is 0.385 e. The van der Waals surface area contributed by atoms with Crippen LogP contribution in [0.15, 0.2) is 35.7 Å². The van der Waals surface area contributed by atoms with Gasteiger partial charge < -0.3 is 9.30 Å². The quantitative estimate of drug-likeness (QED) is 0.581. The molecule has 0 N–H and O–H groups in total. The Labute approximate surface area is 122 Å². The Hall–Kier alpha value is -1.04. The average molecular weight is 298 g/mol. The first-order valence-corrected chi connectivity index (χ1v) is 7.40. The van der Waals surface area contributed by atoms with Gasteiger partial charge in [0.05, 0.1) is 0 Å². The number of ether oxygens (including phenoxy) is 1. The van der Waals surface area contributed by atoms with Crippen molar-refractivity contribution in [3.8, 4) is 0 Å². The summed E-state index contributed by atoms with van der Waals surface area (Å²) in [6.07, 6.45) is 2.73. The third-order valence-corrected chi connectivity index (χ3v) is 3.91. The first-order chi connectivity index (χ1) is 9.29. The second kappa shape index (κ2) is 7.53. The van der Waals surface area contributed by atoms with Gasteiger partial charge in [0.25, 0.3) is 0 Å². The van der Waals surface area contributed by atoms with Gasteiger partial charge >= 0.3 is 0 Å². The van der Waals surface area contributed by atoms with Crippen molar-refractivity contribution in [2.75, 3.05) is 13.7 Å². The van der Waals surface area contributed by atoms with Gasteiger partial charge in [-0.25, -0.2) is 0 Å². The van der Waals surface area contributed by atoms with Crippen LogP contribution in [0.5, 0.6) is 0 Å². The van der Waals surface area contributed by atoms with Crippen molar-refractivity contribution in [3.05, 3.63) is 41.2 Å². The van der Waals surface area contributed by atoms with Crippen molar-refractivity contribution in [2.24, 2.45) is 0 Å². The normalized spacial score (nSPS) is 10.8. The van der Waals surface area contributed by atoms with E-state index >= 15 is 0 Å². The number of thioether (sulfide) groups is 1. The maximum atomic E-state index is 5.86. The molecule has 19 heavy (non-hydrogen) atoms. The van der Waals surface area contributed by atoms with E-state index in [4.69, 9.17) is 16.3 Å². The zero-order valence-electron chi connectivity index (χ0n) is 10.8. The molecular formula is C13H16ClN3OS. The molecule has 6 heteroatoms. The van der Waals surface area contributed by atoms with Gasteiger partial charge in [-0.3, -0.25) is 0 Å². The van der Waals surface area contributed by atoms with Gasteiger partial charge in [0.15, 0.2) is 5.16 Å². The summed E-state index contributed by atoms with van der Waals surface area (Å²) in [4.78, 5) is 0. The number of hydrogen-bond donors (Lipinski definition) is 0. The van der Waals surface area contributed by atoms with Crippen LogP contribution < -0.4 is 0 Å². The minimum atomic E-state index is 0.749. The van der Waals surface area contributed by atoms with Gasteiger partial charge in [0.2, 0.25) is 0 Å². The molecule has 0 amide bonds. The highest BCUT2D eigenvalue weighted by Gasteiger charge is 2.05. The molecule has 0 spiro atoms. The molecule has 102 valence electrons. The fraction of sp³-hybridized carbons (Fsp3) is 0.385. The third-order valence-electron chi connectivity index (χ3n) is 2.61. The molecule has 1 aromatic carbocycles. The Morgan fingerprint density at radius 3 is 2.84 bits per heavy atom. The van der Waals surface area contributed by atoms with Crippen molar-refractivity contribution in [1.29, 1.82) is 0 Å². The van der Waals surface area contributed by atoms with Crippen LogP contribution in [0.2, 0.25) is 5.02 Å². The molecule has 0 atom stereocenters. The minimum absolute atomic E-state index is 0.749. The van der Waals surface area contributed by atoms with Crippen LogP contribution in [-0.2, 0) is 17.0 Å². The van der Waals surface area contributed by atoms with E-state index in [2.05, 4.69) is 14.8 Å². The van der Waals surface area contributed by atoms with Crippen molar-refractivity contribution in [1.82, 2.24) is 14.8 Å². The lowest BCUT2D eigenvalue weighted by Crippen LogP contribution is -2.02. The van der Waals surface area contributed by atoms with E-state index in [1.807, 2.05) is 24.3 Å². The monoisotopic (exact) mass is 297 g/mol. The average Bonchev–Trinajstić information content (AvgIpc) is 2.86. The van der Waals surface area contributed by atoms with E-state index in [0.717, 1.165) is 35.5 Å². The molecule has 0 saturated heterocycles. The molecule has 1 heterocycles. The Morgan fingerprint density at radius 1 is 1.32 bits per heavy atom. The number of methoxy groups -OCH3 is 1. The molecular weight excluding hydrogens is 282 g/mol. The molecule has 0 aliphatic heterocycles. The molecule has 0 saturated carbocycles. The van der Waals surface area contributed by atoms with Gasteiger partial charge in [0.1, 0.15) is 6.33 Å². The summed E-state index contributed by atoms with van der Waals surface area (Å²) in [6, 6.07) is 7.86. The van der Waals surface area contributed by atoms with Crippen molar-refractivity contribution in [2.45, 2.75) is 23.9 Å². The van der Waals surface area contributed by atoms with E-state index < -0.39 is 0 Å². The molecule has 0 unspecified atom stereocenters. The molecule has 2 aromatic rings. The fourth-order valence-corrected chi connectivity index (χ4v) is 2.64. The Balaban J connectivity index is 1.88. The predicted molar refractivity (Wildman–Crippen MR) is 77.5 cm³/mol. The van der Waals surface area contributed by atoms with Crippen LogP contribution >= 0.6 is 23.4 Å². The van der Waals surface area contributed by atoms with E-state index in [0.29, 0.717) is 0 Å². The van der Waals surface area contributed by atoms with Crippen LogP contribution in [0.1, 0.15) is 12.0 Å². The molecule has 0 aliphatic rings. The van der Waals surface area contributed by atoms with E-state index in [1.165, 1.54) is 5.56 Å². The number of aryl methyl sites for hydroxylation is 1. The van der Waals surface area contributed by atoms with E-state index in [9.17, 15) is 0 Å². The van der Waals surface area contributed by atoms with Crippen molar-refractivity contribution >= 4 is 23.4 Å². The number of nitrogens with zero attached hydrogens (tertiary/aromatic N) is 3. The van der Waals surface area contributed by atoms with Crippen LogP contribution in [0.3, 0.4) is 0 Å². The molecule has 0 fully saturated rings. The summed E-state index contributed by atoms with van der Waals surface area (Å²) in [6.45, 7) is 1.63. The molecule has 0 radical (unpaired) electrons. The number of halogens is 1. The Kier molecular flexibility index (Phi) is 5.69. The first kappa shape index (κ1) is 14.4. The Bertz CT molecular complexity index is 501. The van der Waals surface area contributed by atoms with Gasteiger partial charge in [-0.2, -0.15) is 0 Å². The lowest BCUT2D eigenvalue weighted by molar-refractivity contribution is 0.189. The number of hydrogen-bond acceptors (Lipinski definition) is 4. The lowest BCUT2D eigenvalue weighted by atomic mass is 10.2. The van der Waals surface area contributed by atoms with Gasteiger partial charge in [0, 0.05) is 31.0 Å². The third kappa shape index (κ3) is 4.53. The second-order valence-corrected chi connectivity index (χ2v) is 5.45. The van der Waals surface area contributed by atoms with Gasteiger partial charge in [-0.05, 0) is 24.1 Å². The smallest absolute Gasteiger partial charge is 0.191 e. The topological polar surface area (TPSA) is 39.9 Å². The maximum absolute atomic E-state index is 5.86. The summed E-state index contributed by atoms with van der Waals surface area (Å²) in [5.74, 6) is 0.861. The molecule has 0 aliphatic carbocycles. The Morgan fingerprint density at radius 2 is 2.11 bits per heavy atom. The number of benzene rings is 1. The van der Waals surface area contributed by atoms with Crippen LogP contribution in [0, 0.1) is 0 Å². The summed E-state index contributed by atoms with van der Waals surface area (Å²) in [7, 11) is 1.71. The second-order valence-electron chi connectivity index (χ2n) is 4.07. The van der Waals surface area contributed by atoms with Crippen LogP contribution in [-0.4, -0.2) is 28.5 Å². The molecule has 2 rings (SSSR count). The van der Waals surface area contributed by atoms with Crippen LogP contribution in [0.25, 0.3) is 0 Å². The first-order valence-electron chi connectivity index (χ1n) is 6.03. The fourth-order valence-electron chi connectivity index (χ4n) is 1.62. The summed E-state index contributed by atoms with van der Waals surface area (Å²) in [5, 5.41) is 9.79. The molecule has 1 aromatic heterocycles. The standard InChI is InChI=1S/C13H16ClN3OS/c1-18-8-2-7-17-10-15-16-13(17)19-9-11-3-5-12(14)6-4-11/h3-6,10H,2,7-9H2,1H3. The van der Waals surface area contributed by atoms with Crippen LogP contribution in [0.4, 0.5) is 0 Å². The van der Waals surface area contributed by atoms with E-state index in [1.54, 1.807) is 25.2 Å². The van der Waals surface area contributed by atoms with Crippen molar-refractivity contribution < 1.29 is 4.74 Å². The number of aromatic nitrogens is 3. The molecule has 4 nitrogen and oxygen atoms in total. The maximum Gasteiger partial charge on any atom is 0.191 e. The zero-order valence-corrected chi connectivity index (χ0v) is 12.3.